The van der Waals surface area contributed by atoms with E-state index in [1.807, 2.05) is 30.3 Å². The molecule has 0 atom stereocenters. The molecule has 116 valence electrons. The molecule has 0 unspecified atom stereocenters. The van der Waals surface area contributed by atoms with E-state index in [2.05, 4.69) is 30.6 Å². The predicted molar refractivity (Wildman–Crippen MR) is 87.8 cm³/mol. The lowest BCUT2D eigenvalue weighted by atomic mass is 10.3. The zero-order valence-corrected chi connectivity index (χ0v) is 12.4. The summed E-state index contributed by atoms with van der Waals surface area (Å²) in [5.41, 5.74) is 0. The minimum absolute atomic E-state index is 0.470. The number of ether oxygens (including phenoxy) is 1. The van der Waals surface area contributed by atoms with Gasteiger partial charge in [0.25, 0.3) is 0 Å². The van der Waals surface area contributed by atoms with Gasteiger partial charge in [-0.3, -0.25) is 0 Å². The molecule has 0 bridgehead atoms. The fourth-order valence-corrected chi connectivity index (χ4v) is 1.86. The first-order chi connectivity index (χ1) is 11.4. The van der Waals surface area contributed by atoms with Crippen molar-refractivity contribution in [2.45, 2.75) is 0 Å². The van der Waals surface area contributed by atoms with Crippen molar-refractivity contribution < 1.29 is 4.74 Å². The highest BCUT2D eigenvalue weighted by molar-refractivity contribution is 5.49. The van der Waals surface area contributed by atoms with E-state index in [1.165, 1.54) is 6.33 Å². The van der Waals surface area contributed by atoms with Crippen LogP contribution in [0.2, 0.25) is 0 Å². The molecule has 0 aliphatic carbocycles. The summed E-state index contributed by atoms with van der Waals surface area (Å²) in [4.78, 5) is 16.5. The zero-order chi connectivity index (χ0) is 15.7. The van der Waals surface area contributed by atoms with Crippen LogP contribution in [0.4, 0.5) is 17.6 Å². The second-order valence-electron chi connectivity index (χ2n) is 4.57. The van der Waals surface area contributed by atoms with Gasteiger partial charge in [0, 0.05) is 12.4 Å². The van der Waals surface area contributed by atoms with Crippen LogP contribution in [0.3, 0.4) is 0 Å². The van der Waals surface area contributed by atoms with Crippen molar-refractivity contribution in [1.29, 1.82) is 0 Å². The smallest absolute Gasteiger partial charge is 0.230 e. The molecule has 0 spiro atoms. The highest BCUT2D eigenvalue weighted by Crippen LogP contribution is 2.11. The van der Waals surface area contributed by atoms with Gasteiger partial charge in [-0.1, -0.05) is 18.2 Å². The molecule has 7 nitrogen and oxygen atoms in total. The number of nitrogens with zero attached hydrogens (tertiary/aromatic N) is 4. The first-order valence-corrected chi connectivity index (χ1v) is 7.18. The number of rotatable bonds is 7. The predicted octanol–water partition coefficient (Wildman–Crippen LogP) is 2.50. The third-order valence-corrected chi connectivity index (χ3v) is 2.90. The topological polar surface area (TPSA) is 84.9 Å². The fourth-order valence-electron chi connectivity index (χ4n) is 1.86. The molecular weight excluding hydrogens is 292 g/mol. The number of benzene rings is 1. The summed E-state index contributed by atoms with van der Waals surface area (Å²) in [6.45, 7) is 1.18. The van der Waals surface area contributed by atoms with Crippen LogP contribution in [0.25, 0.3) is 0 Å². The third kappa shape index (κ3) is 4.63. The van der Waals surface area contributed by atoms with Crippen molar-refractivity contribution in [1.82, 2.24) is 19.9 Å². The third-order valence-electron chi connectivity index (χ3n) is 2.90. The van der Waals surface area contributed by atoms with Crippen molar-refractivity contribution in [3.05, 3.63) is 61.2 Å². The lowest BCUT2D eigenvalue weighted by molar-refractivity contribution is 0.333. The minimum Gasteiger partial charge on any atom is -0.492 e. The summed E-state index contributed by atoms with van der Waals surface area (Å²) in [5.74, 6) is 2.68. The van der Waals surface area contributed by atoms with Crippen molar-refractivity contribution in [2.24, 2.45) is 0 Å². The van der Waals surface area contributed by atoms with Gasteiger partial charge in [-0.05, 0) is 24.3 Å². The van der Waals surface area contributed by atoms with Gasteiger partial charge in [0.05, 0.1) is 6.54 Å². The van der Waals surface area contributed by atoms with Gasteiger partial charge in [-0.25, -0.2) is 15.0 Å². The van der Waals surface area contributed by atoms with E-state index >= 15 is 0 Å². The summed E-state index contributed by atoms with van der Waals surface area (Å²) >= 11 is 0. The van der Waals surface area contributed by atoms with Crippen LogP contribution in [0.15, 0.2) is 61.2 Å². The summed E-state index contributed by atoms with van der Waals surface area (Å²) < 4.78 is 5.62. The second kappa shape index (κ2) is 7.69. The van der Waals surface area contributed by atoms with E-state index in [4.69, 9.17) is 4.74 Å². The zero-order valence-electron chi connectivity index (χ0n) is 12.4. The van der Waals surface area contributed by atoms with E-state index in [-0.39, 0.29) is 0 Å². The maximum absolute atomic E-state index is 5.62. The van der Waals surface area contributed by atoms with E-state index in [0.717, 1.165) is 5.75 Å². The Bertz CT molecular complexity index is 723. The van der Waals surface area contributed by atoms with Crippen molar-refractivity contribution in [3.8, 4) is 5.75 Å². The molecule has 3 rings (SSSR count). The number of nitrogens with one attached hydrogen (secondary N) is 2. The highest BCUT2D eigenvalue weighted by atomic mass is 16.5. The molecule has 0 saturated heterocycles. The van der Waals surface area contributed by atoms with E-state index < -0.39 is 0 Å². The SMILES string of the molecule is c1ccc(OCCNc2ccnc(Nc3ccncn3)n2)cc1. The van der Waals surface area contributed by atoms with Gasteiger partial charge in [0.2, 0.25) is 5.95 Å². The van der Waals surface area contributed by atoms with Gasteiger partial charge >= 0.3 is 0 Å². The Labute approximate surface area is 133 Å². The van der Waals surface area contributed by atoms with Gasteiger partial charge in [-0.2, -0.15) is 4.98 Å². The molecule has 0 aliphatic heterocycles. The van der Waals surface area contributed by atoms with Gasteiger partial charge in [-0.15, -0.1) is 0 Å². The van der Waals surface area contributed by atoms with Crippen LogP contribution >= 0.6 is 0 Å². The average Bonchev–Trinajstić information content (AvgIpc) is 2.61. The Hall–Kier alpha value is -3.22. The number of para-hydroxylation sites is 1. The molecule has 7 heteroatoms. The lowest BCUT2D eigenvalue weighted by Crippen LogP contribution is -2.13. The summed E-state index contributed by atoms with van der Waals surface area (Å²) in [6, 6.07) is 13.2. The molecule has 0 fully saturated rings. The van der Waals surface area contributed by atoms with Crippen LogP contribution in [-0.2, 0) is 0 Å². The fraction of sp³-hybridized carbons (Fsp3) is 0.125. The van der Waals surface area contributed by atoms with E-state index in [1.54, 1.807) is 24.5 Å². The first-order valence-electron chi connectivity index (χ1n) is 7.18. The monoisotopic (exact) mass is 308 g/mol. The van der Waals surface area contributed by atoms with Crippen molar-refractivity contribution in [2.75, 3.05) is 23.8 Å². The van der Waals surface area contributed by atoms with Crippen LogP contribution in [0, 0.1) is 0 Å². The quantitative estimate of drug-likeness (QED) is 0.649. The molecule has 23 heavy (non-hydrogen) atoms. The number of anilines is 3. The van der Waals surface area contributed by atoms with Crippen molar-refractivity contribution >= 4 is 17.6 Å². The molecular formula is C16H16N6O. The standard InChI is InChI=1S/C16H16N6O/c1-2-4-13(5-3-1)23-11-10-18-14-7-9-19-16(21-14)22-15-6-8-17-12-20-15/h1-9,12H,10-11H2,(H2,17,18,19,20,21,22). The molecule has 2 heterocycles. The lowest BCUT2D eigenvalue weighted by Gasteiger charge is -2.09. The molecule has 0 aliphatic rings. The normalized spacial score (nSPS) is 10.1. The van der Waals surface area contributed by atoms with Gasteiger partial charge in [0.1, 0.15) is 30.3 Å². The van der Waals surface area contributed by atoms with E-state index in [0.29, 0.717) is 30.7 Å². The Balaban J connectivity index is 1.49. The second-order valence-corrected chi connectivity index (χ2v) is 4.57. The van der Waals surface area contributed by atoms with Crippen LogP contribution in [0.1, 0.15) is 0 Å². The Kier molecular flexibility index (Phi) is 4.92. The molecule has 2 aromatic heterocycles. The maximum atomic E-state index is 5.62. The number of aromatic nitrogens is 4. The van der Waals surface area contributed by atoms with Crippen LogP contribution < -0.4 is 15.4 Å². The molecule has 0 amide bonds. The molecule has 0 radical (unpaired) electrons. The maximum Gasteiger partial charge on any atom is 0.230 e. The molecule has 3 aromatic rings. The first kappa shape index (κ1) is 14.7. The summed E-state index contributed by atoms with van der Waals surface area (Å²) in [6.07, 6.45) is 4.79. The van der Waals surface area contributed by atoms with Crippen molar-refractivity contribution in [3.63, 3.8) is 0 Å². The Morgan fingerprint density at radius 2 is 1.78 bits per heavy atom. The van der Waals surface area contributed by atoms with Gasteiger partial charge < -0.3 is 15.4 Å². The summed E-state index contributed by atoms with van der Waals surface area (Å²) in [7, 11) is 0. The number of hydrogen-bond acceptors (Lipinski definition) is 7. The summed E-state index contributed by atoms with van der Waals surface area (Å²) in [5, 5.41) is 6.21. The molecule has 0 saturated carbocycles. The van der Waals surface area contributed by atoms with Crippen LogP contribution in [0.5, 0.6) is 5.75 Å². The minimum atomic E-state index is 0.470. The van der Waals surface area contributed by atoms with Gasteiger partial charge in [0.15, 0.2) is 0 Å². The largest absolute Gasteiger partial charge is 0.492 e. The Morgan fingerprint density at radius 3 is 2.61 bits per heavy atom. The highest BCUT2D eigenvalue weighted by Gasteiger charge is 2.00. The molecule has 1 aromatic carbocycles. The average molecular weight is 308 g/mol. The van der Waals surface area contributed by atoms with Crippen LogP contribution in [-0.4, -0.2) is 33.1 Å². The molecule has 2 N–H and O–H groups in total. The Morgan fingerprint density at radius 1 is 0.913 bits per heavy atom. The number of hydrogen-bond donors (Lipinski definition) is 2. The van der Waals surface area contributed by atoms with E-state index in [9.17, 15) is 0 Å².